The van der Waals surface area contributed by atoms with E-state index in [0.29, 0.717) is 35.6 Å². The highest BCUT2D eigenvalue weighted by molar-refractivity contribution is 6.03. The Balaban J connectivity index is 1.80. The molecule has 2 aliphatic rings. The molecule has 7 heteroatoms. The largest absolute Gasteiger partial charge is 0.462 e. The van der Waals surface area contributed by atoms with Gasteiger partial charge in [-0.1, -0.05) is 50.2 Å². The van der Waals surface area contributed by atoms with Crippen LogP contribution in [-0.4, -0.2) is 23.5 Å². The smallest absolute Gasteiger partial charge is 0.340 e. The number of nitrogens with zero attached hydrogens (tertiary/aromatic N) is 1. The molecule has 2 N–H and O–H groups in total. The van der Waals surface area contributed by atoms with Gasteiger partial charge in [-0.05, 0) is 24.3 Å². The number of aryl methyl sites for hydroxylation is 1. The van der Waals surface area contributed by atoms with Crippen LogP contribution in [0.15, 0.2) is 57.6 Å². The molecule has 2 aromatic rings. The van der Waals surface area contributed by atoms with Crippen molar-refractivity contribution in [1.82, 2.24) is 5.16 Å². The highest BCUT2D eigenvalue weighted by Crippen LogP contribution is 2.48. The summed E-state index contributed by atoms with van der Waals surface area (Å²) in [5.74, 6) is -0.549. The summed E-state index contributed by atoms with van der Waals surface area (Å²) >= 11 is 0. The minimum absolute atomic E-state index is 0.0606. The summed E-state index contributed by atoms with van der Waals surface area (Å²) in [5.41, 5.74) is 8.90. The first-order chi connectivity index (χ1) is 15.2. The number of carbonyl (C=O) groups is 2. The average Bonchev–Trinajstić information content (AvgIpc) is 3.22. The number of hydrogen-bond acceptors (Lipinski definition) is 7. The van der Waals surface area contributed by atoms with E-state index >= 15 is 0 Å². The van der Waals surface area contributed by atoms with Crippen molar-refractivity contribution in [2.45, 2.75) is 52.9 Å². The van der Waals surface area contributed by atoms with Gasteiger partial charge in [0.05, 0.1) is 18.2 Å². The summed E-state index contributed by atoms with van der Waals surface area (Å²) in [6, 6.07) is 9.73. The number of ether oxygens (including phenoxy) is 2. The fourth-order valence-corrected chi connectivity index (χ4v) is 4.35. The highest BCUT2D eigenvalue weighted by atomic mass is 16.5. The van der Waals surface area contributed by atoms with Crippen LogP contribution in [0.25, 0.3) is 11.3 Å². The number of rotatable bonds is 5. The first-order valence-corrected chi connectivity index (χ1v) is 10.9. The molecule has 0 spiro atoms. The summed E-state index contributed by atoms with van der Waals surface area (Å²) in [7, 11) is 0. The maximum absolute atomic E-state index is 13.2. The zero-order valence-corrected chi connectivity index (χ0v) is 18.9. The lowest BCUT2D eigenvalue weighted by atomic mass is 9.71. The van der Waals surface area contributed by atoms with Crippen LogP contribution in [0.4, 0.5) is 0 Å². The van der Waals surface area contributed by atoms with E-state index in [-0.39, 0.29) is 29.3 Å². The van der Waals surface area contributed by atoms with Crippen molar-refractivity contribution < 1.29 is 23.6 Å². The molecule has 0 saturated carbocycles. The van der Waals surface area contributed by atoms with E-state index in [4.69, 9.17) is 19.7 Å². The Morgan fingerprint density at radius 1 is 1.22 bits per heavy atom. The molecule has 0 saturated heterocycles. The molecule has 0 amide bonds. The Hall–Kier alpha value is -3.35. The van der Waals surface area contributed by atoms with E-state index in [9.17, 15) is 9.59 Å². The van der Waals surface area contributed by atoms with Gasteiger partial charge < -0.3 is 19.7 Å². The van der Waals surface area contributed by atoms with Gasteiger partial charge in [-0.2, -0.15) is 0 Å². The van der Waals surface area contributed by atoms with Crippen LogP contribution in [0.1, 0.15) is 57.7 Å². The molecular formula is C25H28N2O5. The Labute approximate surface area is 187 Å². The van der Waals surface area contributed by atoms with Crippen molar-refractivity contribution in [3.8, 4) is 11.3 Å². The number of hydrogen-bond donors (Lipinski definition) is 1. The number of allylic oxidation sites excluding steroid dienone is 2. The summed E-state index contributed by atoms with van der Waals surface area (Å²) < 4.78 is 16.6. The Bertz CT molecular complexity index is 1120. The van der Waals surface area contributed by atoms with Crippen LogP contribution in [0.5, 0.6) is 0 Å². The van der Waals surface area contributed by atoms with Crippen LogP contribution >= 0.6 is 0 Å². The number of esters is 1. The SMILES string of the molecule is CCOC(=O)C1=C(N)OC2=C(C(=O)CC(C)(C)C2)C1c1cc(-c2ccc(CC)cc2)on1. The van der Waals surface area contributed by atoms with E-state index < -0.39 is 11.9 Å². The Morgan fingerprint density at radius 3 is 2.59 bits per heavy atom. The van der Waals surface area contributed by atoms with Crippen molar-refractivity contribution in [2.24, 2.45) is 11.1 Å². The first-order valence-electron chi connectivity index (χ1n) is 10.9. The Morgan fingerprint density at radius 2 is 1.94 bits per heavy atom. The predicted octanol–water partition coefficient (Wildman–Crippen LogP) is 4.39. The fraction of sp³-hybridized carbons (Fsp3) is 0.400. The van der Waals surface area contributed by atoms with Gasteiger partial charge in [0, 0.05) is 30.0 Å². The molecular weight excluding hydrogens is 408 g/mol. The summed E-state index contributed by atoms with van der Waals surface area (Å²) in [6.45, 7) is 7.97. The lowest BCUT2D eigenvalue weighted by Crippen LogP contribution is -2.35. The van der Waals surface area contributed by atoms with Gasteiger partial charge in [0.25, 0.3) is 0 Å². The maximum atomic E-state index is 13.2. The number of ketones is 1. The van der Waals surface area contributed by atoms with Crippen molar-refractivity contribution in [3.63, 3.8) is 0 Å². The summed E-state index contributed by atoms with van der Waals surface area (Å²) in [6.07, 6.45) is 1.81. The van der Waals surface area contributed by atoms with Gasteiger partial charge in [0.2, 0.25) is 5.88 Å². The summed E-state index contributed by atoms with van der Waals surface area (Å²) in [4.78, 5) is 26.0. The van der Waals surface area contributed by atoms with Crippen molar-refractivity contribution >= 4 is 11.8 Å². The zero-order valence-electron chi connectivity index (χ0n) is 18.9. The minimum Gasteiger partial charge on any atom is -0.462 e. The predicted molar refractivity (Wildman–Crippen MR) is 118 cm³/mol. The molecule has 1 unspecified atom stereocenters. The van der Waals surface area contributed by atoms with Crippen LogP contribution in [-0.2, 0) is 25.5 Å². The first kappa shape index (κ1) is 21.9. The molecule has 1 aliphatic heterocycles. The molecule has 1 aliphatic carbocycles. The molecule has 32 heavy (non-hydrogen) atoms. The van der Waals surface area contributed by atoms with Crippen LogP contribution in [0.2, 0.25) is 0 Å². The molecule has 0 bridgehead atoms. The van der Waals surface area contributed by atoms with Gasteiger partial charge >= 0.3 is 5.97 Å². The molecule has 1 atom stereocenters. The minimum atomic E-state index is -0.797. The van der Waals surface area contributed by atoms with Crippen molar-refractivity contribution in [3.05, 3.63) is 64.4 Å². The standard InChI is InChI=1S/C25H28N2O5/c1-5-14-7-9-15(10-8-14)18-11-16(27-32-18)20-21-17(28)12-25(3,4)13-19(21)31-23(26)22(20)24(29)30-6-2/h7-11,20H,5-6,12-13,26H2,1-4H3. The second-order valence-corrected chi connectivity index (χ2v) is 8.98. The van der Waals surface area contributed by atoms with E-state index in [2.05, 4.69) is 12.1 Å². The van der Waals surface area contributed by atoms with E-state index in [1.54, 1.807) is 13.0 Å². The van der Waals surface area contributed by atoms with E-state index in [0.717, 1.165) is 12.0 Å². The molecule has 2 heterocycles. The number of benzene rings is 1. The molecule has 1 aromatic carbocycles. The number of nitrogens with two attached hydrogens (primary N) is 1. The average molecular weight is 437 g/mol. The van der Waals surface area contributed by atoms with Gasteiger partial charge in [-0.3, -0.25) is 4.79 Å². The molecule has 168 valence electrons. The second kappa shape index (κ2) is 8.30. The highest BCUT2D eigenvalue weighted by Gasteiger charge is 2.46. The van der Waals surface area contributed by atoms with Gasteiger partial charge in [-0.15, -0.1) is 0 Å². The van der Waals surface area contributed by atoms with Crippen LogP contribution in [0.3, 0.4) is 0 Å². The fourth-order valence-electron chi connectivity index (χ4n) is 4.35. The normalized spacial score (nSPS) is 20.1. The van der Waals surface area contributed by atoms with Crippen LogP contribution < -0.4 is 5.73 Å². The van der Waals surface area contributed by atoms with Gasteiger partial charge in [0.15, 0.2) is 11.5 Å². The van der Waals surface area contributed by atoms with Gasteiger partial charge in [0.1, 0.15) is 11.3 Å². The zero-order chi connectivity index (χ0) is 23.0. The molecule has 0 fully saturated rings. The molecule has 7 nitrogen and oxygen atoms in total. The number of aromatic nitrogens is 1. The third kappa shape index (κ3) is 3.95. The van der Waals surface area contributed by atoms with E-state index in [1.807, 2.05) is 38.1 Å². The number of carbonyl (C=O) groups excluding carboxylic acids is 2. The lowest BCUT2D eigenvalue weighted by Gasteiger charge is -2.37. The topological polar surface area (TPSA) is 105 Å². The van der Waals surface area contributed by atoms with Crippen molar-refractivity contribution in [2.75, 3.05) is 6.61 Å². The summed E-state index contributed by atoms with van der Waals surface area (Å²) in [5, 5.41) is 4.23. The van der Waals surface area contributed by atoms with Gasteiger partial charge in [-0.25, -0.2) is 4.79 Å². The third-order valence-corrected chi connectivity index (χ3v) is 5.92. The second-order valence-electron chi connectivity index (χ2n) is 8.98. The Kier molecular flexibility index (Phi) is 5.67. The quantitative estimate of drug-likeness (QED) is 0.693. The molecule has 1 aromatic heterocycles. The number of Topliss-reactive ketones (excluding diaryl/α,β-unsaturated/α-hetero) is 1. The monoisotopic (exact) mass is 436 g/mol. The molecule has 4 rings (SSSR count). The maximum Gasteiger partial charge on any atom is 0.340 e. The van der Waals surface area contributed by atoms with Crippen molar-refractivity contribution in [1.29, 1.82) is 0 Å². The third-order valence-electron chi connectivity index (χ3n) is 5.92. The van der Waals surface area contributed by atoms with E-state index in [1.165, 1.54) is 5.56 Å². The molecule has 0 radical (unpaired) electrons. The van der Waals surface area contributed by atoms with Crippen LogP contribution in [0, 0.1) is 5.41 Å². The lowest BCUT2D eigenvalue weighted by molar-refractivity contribution is -0.139.